The van der Waals surface area contributed by atoms with Crippen molar-refractivity contribution in [2.45, 2.75) is 155 Å². The first-order chi connectivity index (χ1) is 18.6. The summed E-state index contributed by atoms with van der Waals surface area (Å²) in [6, 6.07) is 14.8. The van der Waals surface area contributed by atoms with E-state index in [1.807, 2.05) is 0 Å². The van der Waals surface area contributed by atoms with E-state index in [1.54, 1.807) is 11.1 Å². The number of benzene rings is 2. The summed E-state index contributed by atoms with van der Waals surface area (Å²) in [5.74, 6) is 3.53. The summed E-state index contributed by atoms with van der Waals surface area (Å²) in [7, 11) is 0. The van der Waals surface area contributed by atoms with Crippen LogP contribution in [0.15, 0.2) is 36.4 Å². The van der Waals surface area contributed by atoms with Crippen molar-refractivity contribution < 1.29 is 0 Å². The third kappa shape index (κ3) is 8.22. The Labute approximate surface area is 236 Å². The molecular formula is C38H58. The van der Waals surface area contributed by atoms with Gasteiger partial charge in [0.15, 0.2) is 0 Å². The second kappa shape index (κ2) is 15.3. The van der Waals surface area contributed by atoms with Crippen LogP contribution in [0.25, 0.3) is 11.1 Å². The van der Waals surface area contributed by atoms with E-state index in [9.17, 15) is 0 Å². The van der Waals surface area contributed by atoms with Crippen molar-refractivity contribution >= 4 is 0 Å². The van der Waals surface area contributed by atoms with Gasteiger partial charge in [-0.1, -0.05) is 114 Å². The second-order valence-electron chi connectivity index (χ2n) is 13.3. The Morgan fingerprint density at radius 1 is 0.553 bits per heavy atom. The first kappa shape index (κ1) is 29.4. The van der Waals surface area contributed by atoms with E-state index in [2.05, 4.69) is 64.1 Å². The van der Waals surface area contributed by atoms with Gasteiger partial charge < -0.3 is 0 Å². The summed E-state index contributed by atoms with van der Waals surface area (Å²) in [6.07, 6.45) is 25.7. The smallest absolute Gasteiger partial charge is 0.0154 e. The Hall–Kier alpha value is -1.56. The molecule has 2 aromatic rings. The Morgan fingerprint density at radius 2 is 1.18 bits per heavy atom. The summed E-state index contributed by atoms with van der Waals surface area (Å²) in [5.41, 5.74) is 9.02. The van der Waals surface area contributed by atoms with E-state index in [-0.39, 0.29) is 0 Å². The molecule has 2 fully saturated rings. The zero-order valence-corrected chi connectivity index (χ0v) is 25.5. The van der Waals surface area contributed by atoms with Crippen molar-refractivity contribution in [1.82, 2.24) is 0 Å². The van der Waals surface area contributed by atoms with Crippen LogP contribution in [-0.2, 0) is 0 Å². The normalized spacial score (nSPS) is 24.0. The van der Waals surface area contributed by atoms with Crippen molar-refractivity contribution in [2.24, 2.45) is 11.8 Å². The molecule has 2 aliphatic carbocycles. The van der Waals surface area contributed by atoms with Gasteiger partial charge in [-0.05, 0) is 122 Å². The summed E-state index contributed by atoms with van der Waals surface area (Å²) in [4.78, 5) is 0. The fraction of sp³-hybridized carbons (Fsp3) is 0.684. The highest BCUT2D eigenvalue weighted by Gasteiger charge is 2.24. The van der Waals surface area contributed by atoms with Gasteiger partial charge in [0.05, 0.1) is 0 Å². The monoisotopic (exact) mass is 514 g/mol. The summed E-state index contributed by atoms with van der Waals surface area (Å²) < 4.78 is 0. The second-order valence-corrected chi connectivity index (χ2v) is 13.3. The molecule has 0 radical (unpaired) electrons. The molecule has 2 saturated carbocycles. The van der Waals surface area contributed by atoms with E-state index in [0.717, 1.165) is 23.7 Å². The third-order valence-electron chi connectivity index (χ3n) is 10.3. The predicted molar refractivity (Wildman–Crippen MR) is 168 cm³/mol. The molecule has 0 N–H and O–H groups in total. The Kier molecular flexibility index (Phi) is 11.8. The van der Waals surface area contributed by atoms with E-state index in [1.165, 1.54) is 138 Å². The van der Waals surface area contributed by atoms with Gasteiger partial charge in [-0.25, -0.2) is 0 Å². The zero-order chi connectivity index (χ0) is 26.7. The Morgan fingerprint density at radius 3 is 1.82 bits per heavy atom. The molecule has 4 rings (SSSR count). The van der Waals surface area contributed by atoms with Crippen LogP contribution in [0.2, 0.25) is 0 Å². The van der Waals surface area contributed by atoms with Crippen LogP contribution in [0.4, 0.5) is 0 Å². The summed E-state index contributed by atoms with van der Waals surface area (Å²) in [6.45, 7) is 9.34. The average molecular weight is 515 g/mol. The molecule has 2 aliphatic rings. The average Bonchev–Trinajstić information content (AvgIpc) is 2.93. The standard InChI is InChI=1S/C38H58/c1-5-7-8-9-10-11-12-14-32-15-19-33(20-16-32)35-23-25-38(29(3)27-35)36-24-26-37(30(4)28-36)34-21-17-31(13-6-2)18-22-34/h23-28,31-34H,5-22H2,1-4H3/t31-,32-,33-,34-. The Balaban J connectivity index is 1.27. The molecule has 0 heterocycles. The van der Waals surface area contributed by atoms with E-state index in [0.29, 0.717) is 0 Å². The lowest BCUT2D eigenvalue weighted by atomic mass is 9.75. The van der Waals surface area contributed by atoms with Crippen LogP contribution >= 0.6 is 0 Å². The van der Waals surface area contributed by atoms with Crippen molar-refractivity contribution in [2.75, 3.05) is 0 Å². The fourth-order valence-corrected chi connectivity index (χ4v) is 7.91. The highest BCUT2D eigenvalue weighted by atomic mass is 14.3. The number of aryl methyl sites for hydroxylation is 2. The molecule has 0 aromatic heterocycles. The van der Waals surface area contributed by atoms with E-state index in [4.69, 9.17) is 0 Å². The lowest BCUT2D eigenvalue weighted by Gasteiger charge is -2.30. The molecule has 2 aromatic carbocycles. The molecular weight excluding hydrogens is 456 g/mol. The molecule has 0 heteroatoms. The molecule has 0 bridgehead atoms. The highest BCUT2D eigenvalue weighted by Crippen LogP contribution is 2.41. The molecule has 38 heavy (non-hydrogen) atoms. The van der Waals surface area contributed by atoms with E-state index >= 15 is 0 Å². The van der Waals surface area contributed by atoms with Crippen molar-refractivity contribution in [3.63, 3.8) is 0 Å². The van der Waals surface area contributed by atoms with Gasteiger partial charge in [-0.3, -0.25) is 0 Å². The highest BCUT2D eigenvalue weighted by molar-refractivity contribution is 5.69. The molecule has 0 amide bonds. The third-order valence-corrected chi connectivity index (χ3v) is 10.3. The van der Waals surface area contributed by atoms with E-state index < -0.39 is 0 Å². The summed E-state index contributed by atoms with van der Waals surface area (Å²) >= 11 is 0. The maximum Gasteiger partial charge on any atom is -0.0154 e. The fourth-order valence-electron chi connectivity index (χ4n) is 7.91. The minimum Gasteiger partial charge on any atom is -0.0654 e. The lowest BCUT2D eigenvalue weighted by molar-refractivity contribution is 0.301. The zero-order valence-electron chi connectivity index (χ0n) is 25.5. The number of hydrogen-bond donors (Lipinski definition) is 0. The van der Waals surface area contributed by atoms with Crippen LogP contribution in [0.1, 0.15) is 164 Å². The van der Waals surface area contributed by atoms with Crippen molar-refractivity contribution in [3.05, 3.63) is 58.7 Å². The maximum atomic E-state index is 2.52. The number of unbranched alkanes of at least 4 members (excludes halogenated alkanes) is 6. The molecule has 0 aliphatic heterocycles. The van der Waals surface area contributed by atoms with Crippen LogP contribution in [-0.4, -0.2) is 0 Å². The van der Waals surface area contributed by atoms with Gasteiger partial charge >= 0.3 is 0 Å². The van der Waals surface area contributed by atoms with Gasteiger partial charge in [0, 0.05) is 0 Å². The molecule has 0 unspecified atom stereocenters. The van der Waals surface area contributed by atoms with Crippen LogP contribution in [0, 0.1) is 25.7 Å². The van der Waals surface area contributed by atoms with Gasteiger partial charge in [0.25, 0.3) is 0 Å². The molecule has 0 atom stereocenters. The quantitative estimate of drug-likeness (QED) is 0.233. The van der Waals surface area contributed by atoms with Crippen LogP contribution < -0.4 is 0 Å². The minimum atomic E-state index is 0.778. The maximum absolute atomic E-state index is 2.52. The van der Waals surface area contributed by atoms with Crippen LogP contribution in [0.5, 0.6) is 0 Å². The topological polar surface area (TPSA) is 0 Å². The van der Waals surface area contributed by atoms with Gasteiger partial charge in [-0.15, -0.1) is 0 Å². The first-order valence-electron chi connectivity index (χ1n) is 16.8. The van der Waals surface area contributed by atoms with Crippen molar-refractivity contribution in [3.8, 4) is 11.1 Å². The van der Waals surface area contributed by atoms with Crippen LogP contribution in [0.3, 0.4) is 0 Å². The molecule has 0 spiro atoms. The molecule has 0 nitrogen and oxygen atoms in total. The first-order valence-corrected chi connectivity index (χ1v) is 16.8. The summed E-state index contributed by atoms with van der Waals surface area (Å²) in [5, 5.41) is 0. The minimum absolute atomic E-state index is 0.778. The Bertz CT molecular complexity index is 952. The van der Waals surface area contributed by atoms with Gasteiger partial charge in [-0.2, -0.15) is 0 Å². The number of rotatable bonds is 13. The molecule has 210 valence electrons. The lowest BCUT2D eigenvalue weighted by Crippen LogP contribution is -2.14. The largest absolute Gasteiger partial charge is 0.0654 e. The van der Waals surface area contributed by atoms with Crippen molar-refractivity contribution in [1.29, 1.82) is 0 Å². The van der Waals surface area contributed by atoms with Gasteiger partial charge in [0.1, 0.15) is 0 Å². The molecule has 0 saturated heterocycles. The predicted octanol–water partition coefficient (Wildman–Crippen LogP) is 12.5. The SMILES string of the molecule is CCCCCCCCC[C@H]1CC[C@H](c2ccc(-c3ccc([C@H]4CC[C@H](CCC)CC4)c(C)c3)c(C)c2)CC1. The number of hydrogen-bond acceptors (Lipinski definition) is 0. The van der Waals surface area contributed by atoms with Gasteiger partial charge in [0.2, 0.25) is 0 Å².